The van der Waals surface area contributed by atoms with E-state index in [4.69, 9.17) is 4.74 Å². The quantitative estimate of drug-likeness (QED) is 0.423. The first-order chi connectivity index (χ1) is 16.6. The summed E-state index contributed by atoms with van der Waals surface area (Å²) in [7, 11) is 1.82. The number of hydrogen-bond acceptors (Lipinski definition) is 4. The van der Waals surface area contributed by atoms with Crippen molar-refractivity contribution in [2.45, 2.75) is 32.5 Å². The molecule has 1 amide bonds. The average molecular weight is 457 g/mol. The highest BCUT2D eigenvalue weighted by Gasteiger charge is 2.26. The Morgan fingerprint density at radius 1 is 0.853 bits per heavy atom. The Bertz CT molecular complexity index is 1060. The van der Waals surface area contributed by atoms with Crippen LogP contribution in [0.5, 0.6) is 0 Å². The van der Waals surface area contributed by atoms with Gasteiger partial charge in [0.2, 0.25) is 5.91 Å². The lowest BCUT2D eigenvalue weighted by molar-refractivity contribution is -0.152. The molecule has 1 heterocycles. The first-order valence-electron chi connectivity index (χ1n) is 11.9. The molecule has 0 radical (unpaired) electrons. The van der Waals surface area contributed by atoms with Crippen molar-refractivity contribution in [2.24, 2.45) is 5.92 Å². The molecule has 0 aromatic heterocycles. The molecule has 0 spiro atoms. The topological polar surface area (TPSA) is 49.9 Å². The normalized spacial score (nSPS) is 13.8. The van der Waals surface area contributed by atoms with E-state index >= 15 is 0 Å². The highest BCUT2D eigenvalue weighted by Crippen LogP contribution is 2.22. The van der Waals surface area contributed by atoms with E-state index < -0.39 is 5.92 Å². The van der Waals surface area contributed by atoms with Crippen molar-refractivity contribution in [2.75, 3.05) is 20.1 Å². The van der Waals surface area contributed by atoms with Crippen LogP contribution in [0.15, 0.2) is 84.9 Å². The Kier molecular flexibility index (Phi) is 8.10. The number of amides is 1. The minimum absolute atomic E-state index is 0.0331. The van der Waals surface area contributed by atoms with Gasteiger partial charge in [-0.25, -0.2) is 0 Å². The molecule has 0 aliphatic carbocycles. The Hall–Kier alpha value is -3.44. The van der Waals surface area contributed by atoms with E-state index in [1.165, 1.54) is 11.1 Å². The fourth-order valence-corrected chi connectivity index (χ4v) is 4.33. The zero-order valence-electron chi connectivity index (χ0n) is 19.7. The summed E-state index contributed by atoms with van der Waals surface area (Å²) in [6.45, 7) is 3.48. The summed E-state index contributed by atoms with van der Waals surface area (Å²) in [5.41, 5.74) is 4.68. The SMILES string of the molecule is CN(CCN1Cc2ccccc2C1)C(=O)CC(Cc1ccccc1)C(=O)OCc1ccccc1. The molecule has 0 N–H and O–H groups in total. The minimum Gasteiger partial charge on any atom is -0.461 e. The smallest absolute Gasteiger partial charge is 0.310 e. The lowest BCUT2D eigenvalue weighted by atomic mass is 9.95. The fraction of sp³-hybridized carbons (Fsp3) is 0.310. The van der Waals surface area contributed by atoms with Crippen LogP contribution in [0.2, 0.25) is 0 Å². The second-order valence-corrected chi connectivity index (χ2v) is 8.98. The van der Waals surface area contributed by atoms with Crippen LogP contribution >= 0.6 is 0 Å². The monoisotopic (exact) mass is 456 g/mol. The van der Waals surface area contributed by atoms with Gasteiger partial charge in [0.1, 0.15) is 6.61 Å². The largest absolute Gasteiger partial charge is 0.461 e. The van der Waals surface area contributed by atoms with Gasteiger partial charge in [0.15, 0.2) is 0 Å². The van der Waals surface area contributed by atoms with Crippen molar-refractivity contribution in [3.63, 3.8) is 0 Å². The molecule has 0 saturated carbocycles. The first kappa shape index (κ1) is 23.7. The molecule has 5 nitrogen and oxygen atoms in total. The molecule has 1 unspecified atom stereocenters. The number of esters is 1. The van der Waals surface area contributed by atoms with Gasteiger partial charge in [-0.05, 0) is 28.7 Å². The van der Waals surface area contributed by atoms with E-state index in [1.807, 2.05) is 67.7 Å². The molecule has 1 atom stereocenters. The molecule has 34 heavy (non-hydrogen) atoms. The Balaban J connectivity index is 1.32. The van der Waals surface area contributed by atoms with Crippen LogP contribution in [0.3, 0.4) is 0 Å². The van der Waals surface area contributed by atoms with E-state index in [2.05, 4.69) is 29.2 Å². The summed E-state index contributed by atoms with van der Waals surface area (Å²) >= 11 is 0. The summed E-state index contributed by atoms with van der Waals surface area (Å²) < 4.78 is 5.60. The molecule has 0 saturated heterocycles. The highest BCUT2D eigenvalue weighted by molar-refractivity contribution is 5.83. The summed E-state index contributed by atoms with van der Waals surface area (Å²) in [5, 5.41) is 0. The minimum atomic E-state index is -0.517. The molecule has 3 aromatic carbocycles. The van der Waals surface area contributed by atoms with Crippen LogP contribution in [0.4, 0.5) is 0 Å². The molecule has 176 valence electrons. The van der Waals surface area contributed by atoms with Gasteiger partial charge in [-0.2, -0.15) is 0 Å². The molecule has 4 rings (SSSR count). The van der Waals surface area contributed by atoms with E-state index in [1.54, 1.807) is 4.90 Å². The summed E-state index contributed by atoms with van der Waals surface area (Å²) in [6.07, 6.45) is 0.620. The van der Waals surface area contributed by atoms with Crippen molar-refractivity contribution in [1.82, 2.24) is 9.80 Å². The third kappa shape index (κ3) is 6.55. The van der Waals surface area contributed by atoms with Gasteiger partial charge < -0.3 is 9.64 Å². The second-order valence-electron chi connectivity index (χ2n) is 8.98. The third-order valence-corrected chi connectivity index (χ3v) is 6.39. The number of carbonyl (C=O) groups is 2. The van der Waals surface area contributed by atoms with Gasteiger partial charge in [0.05, 0.1) is 5.92 Å². The lowest BCUT2D eigenvalue weighted by Crippen LogP contribution is -2.36. The van der Waals surface area contributed by atoms with Crippen molar-refractivity contribution >= 4 is 11.9 Å². The molecule has 5 heteroatoms. The van der Waals surface area contributed by atoms with Gasteiger partial charge in [-0.1, -0.05) is 84.9 Å². The van der Waals surface area contributed by atoms with Crippen molar-refractivity contribution in [3.8, 4) is 0 Å². The van der Waals surface area contributed by atoms with E-state index in [0.29, 0.717) is 13.0 Å². The maximum absolute atomic E-state index is 13.0. The zero-order chi connectivity index (χ0) is 23.8. The average Bonchev–Trinajstić information content (AvgIpc) is 3.29. The van der Waals surface area contributed by atoms with Crippen LogP contribution in [0.1, 0.15) is 28.7 Å². The maximum Gasteiger partial charge on any atom is 0.310 e. The van der Waals surface area contributed by atoms with Gasteiger partial charge in [0, 0.05) is 39.6 Å². The number of hydrogen-bond donors (Lipinski definition) is 0. The number of likely N-dealkylation sites (N-methyl/N-ethyl adjacent to an activating group) is 1. The number of rotatable bonds is 10. The standard InChI is InChI=1S/C29H32N2O3/c1-30(16-17-31-20-25-14-8-9-15-26(25)21-31)28(32)19-27(18-23-10-4-2-5-11-23)29(33)34-22-24-12-6-3-7-13-24/h2-15,27H,16-22H2,1H3. The summed E-state index contributed by atoms with van der Waals surface area (Å²) in [5.74, 6) is -0.879. The van der Waals surface area contributed by atoms with Crippen molar-refractivity contribution in [1.29, 1.82) is 0 Å². The Morgan fingerprint density at radius 3 is 2.03 bits per heavy atom. The Labute approximate surface area is 202 Å². The van der Waals surface area contributed by atoms with Crippen LogP contribution in [-0.2, 0) is 40.4 Å². The number of nitrogens with zero attached hydrogens (tertiary/aromatic N) is 2. The molecule has 0 bridgehead atoms. The highest BCUT2D eigenvalue weighted by atomic mass is 16.5. The summed E-state index contributed by atoms with van der Waals surface area (Å²) in [4.78, 5) is 30.1. The van der Waals surface area contributed by atoms with E-state index in [0.717, 1.165) is 30.8 Å². The predicted molar refractivity (Wildman–Crippen MR) is 133 cm³/mol. The Morgan fingerprint density at radius 2 is 1.41 bits per heavy atom. The van der Waals surface area contributed by atoms with Crippen LogP contribution in [0.25, 0.3) is 0 Å². The molecular formula is C29H32N2O3. The molecular weight excluding hydrogens is 424 g/mol. The van der Waals surface area contributed by atoms with Crippen LogP contribution < -0.4 is 0 Å². The van der Waals surface area contributed by atoms with Gasteiger partial charge >= 0.3 is 5.97 Å². The fourth-order valence-electron chi connectivity index (χ4n) is 4.33. The van der Waals surface area contributed by atoms with Gasteiger partial charge in [-0.3, -0.25) is 14.5 Å². The first-order valence-corrected chi connectivity index (χ1v) is 11.9. The molecule has 0 fully saturated rings. The second kappa shape index (κ2) is 11.6. The van der Waals surface area contributed by atoms with Crippen LogP contribution in [0, 0.1) is 5.92 Å². The molecule has 3 aromatic rings. The molecule has 1 aliphatic heterocycles. The van der Waals surface area contributed by atoms with Crippen LogP contribution in [-0.4, -0.2) is 41.8 Å². The summed E-state index contributed by atoms with van der Waals surface area (Å²) in [6, 6.07) is 27.9. The third-order valence-electron chi connectivity index (χ3n) is 6.39. The predicted octanol–water partition coefficient (Wildman–Crippen LogP) is 4.45. The maximum atomic E-state index is 13.0. The number of fused-ring (bicyclic) bond motifs is 1. The van der Waals surface area contributed by atoms with Crippen molar-refractivity contribution in [3.05, 3.63) is 107 Å². The molecule has 1 aliphatic rings. The zero-order valence-corrected chi connectivity index (χ0v) is 19.7. The van der Waals surface area contributed by atoms with Crippen molar-refractivity contribution < 1.29 is 14.3 Å². The van der Waals surface area contributed by atoms with Gasteiger partial charge in [-0.15, -0.1) is 0 Å². The number of ether oxygens (including phenoxy) is 1. The number of carbonyl (C=O) groups excluding carboxylic acids is 2. The van der Waals surface area contributed by atoms with E-state index in [-0.39, 0.29) is 24.9 Å². The van der Waals surface area contributed by atoms with Gasteiger partial charge in [0.25, 0.3) is 0 Å². The number of benzene rings is 3. The lowest BCUT2D eigenvalue weighted by Gasteiger charge is -2.23. The van der Waals surface area contributed by atoms with E-state index in [9.17, 15) is 9.59 Å².